The van der Waals surface area contributed by atoms with Crippen LogP contribution in [0.3, 0.4) is 0 Å². The van der Waals surface area contributed by atoms with Crippen molar-refractivity contribution in [3.63, 3.8) is 0 Å². The number of amides is 1. The van der Waals surface area contributed by atoms with Crippen molar-refractivity contribution in [1.82, 2.24) is 15.5 Å². The Kier molecular flexibility index (Phi) is 4.14. The number of ether oxygens (including phenoxy) is 1. The van der Waals surface area contributed by atoms with Crippen molar-refractivity contribution in [2.45, 2.75) is 13.5 Å². The van der Waals surface area contributed by atoms with Gasteiger partial charge in [0.1, 0.15) is 11.4 Å². The maximum Gasteiger partial charge on any atom is 0.271 e. The van der Waals surface area contributed by atoms with Crippen LogP contribution in [-0.2, 0) is 6.54 Å². The summed E-state index contributed by atoms with van der Waals surface area (Å²) in [5, 5.41) is 8.62. The summed E-state index contributed by atoms with van der Waals surface area (Å²) in [6.45, 7) is 2.29. The van der Waals surface area contributed by atoms with Crippen molar-refractivity contribution in [3.05, 3.63) is 57.5 Å². The summed E-state index contributed by atoms with van der Waals surface area (Å²) in [5.74, 6) is 0.357. The van der Waals surface area contributed by atoms with Crippen molar-refractivity contribution in [1.29, 1.82) is 0 Å². The normalized spacial score (nSPS) is 10.1. The zero-order valence-corrected chi connectivity index (χ0v) is 11.3. The zero-order valence-electron chi connectivity index (χ0n) is 11.3. The van der Waals surface area contributed by atoms with Crippen molar-refractivity contribution < 1.29 is 9.53 Å². The smallest absolute Gasteiger partial charge is 0.271 e. The van der Waals surface area contributed by atoms with Gasteiger partial charge in [-0.1, -0.05) is 17.7 Å². The fraction of sp³-hybridized carbons (Fsp3) is 0.214. The number of nitrogens with zero attached hydrogens (tertiary/aromatic N) is 1. The largest absolute Gasteiger partial charge is 0.496 e. The molecule has 0 aliphatic rings. The van der Waals surface area contributed by atoms with Gasteiger partial charge >= 0.3 is 0 Å². The van der Waals surface area contributed by atoms with Crippen LogP contribution < -0.4 is 15.6 Å². The topological polar surface area (TPSA) is 84.1 Å². The molecular formula is C14H15N3O3. The quantitative estimate of drug-likeness (QED) is 0.871. The minimum absolute atomic E-state index is 0.163. The second-order valence-corrected chi connectivity index (χ2v) is 4.30. The summed E-state index contributed by atoms with van der Waals surface area (Å²) in [7, 11) is 1.58. The molecule has 1 heterocycles. The molecule has 6 heteroatoms. The van der Waals surface area contributed by atoms with Crippen molar-refractivity contribution in [2.75, 3.05) is 7.11 Å². The lowest BCUT2D eigenvalue weighted by molar-refractivity contribution is 0.0944. The van der Waals surface area contributed by atoms with Gasteiger partial charge in [0, 0.05) is 18.2 Å². The lowest BCUT2D eigenvalue weighted by atomic mass is 10.1. The van der Waals surface area contributed by atoms with E-state index in [9.17, 15) is 9.59 Å². The predicted molar refractivity (Wildman–Crippen MR) is 73.8 cm³/mol. The molecule has 0 aliphatic heterocycles. The lowest BCUT2D eigenvalue weighted by Gasteiger charge is -2.10. The van der Waals surface area contributed by atoms with Gasteiger partial charge in [-0.2, -0.15) is 5.10 Å². The third-order valence-corrected chi connectivity index (χ3v) is 2.79. The van der Waals surface area contributed by atoms with Crippen LogP contribution in [0, 0.1) is 6.92 Å². The molecule has 1 amide bonds. The van der Waals surface area contributed by atoms with Gasteiger partial charge in [0.05, 0.1) is 7.11 Å². The minimum atomic E-state index is -0.357. The molecule has 0 unspecified atom stereocenters. The average Bonchev–Trinajstić information content (AvgIpc) is 2.45. The van der Waals surface area contributed by atoms with Crippen molar-refractivity contribution in [3.8, 4) is 5.75 Å². The maximum atomic E-state index is 11.9. The summed E-state index contributed by atoms with van der Waals surface area (Å²) in [5.41, 5.74) is 1.78. The van der Waals surface area contributed by atoms with Gasteiger partial charge in [-0.15, -0.1) is 0 Å². The highest BCUT2D eigenvalue weighted by atomic mass is 16.5. The van der Waals surface area contributed by atoms with Crippen LogP contribution in [0.5, 0.6) is 5.75 Å². The van der Waals surface area contributed by atoms with Crippen LogP contribution in [-0.4, -0.2) is 23.2 Å². The van der Waals surface area contributed by atoms with Crippen LogP contribution >= 0.6 is 0 Å². The van der Waals surface area contributed by atoms with E-state index in [0.717, 1.165) is 11.1 Å². The first kappa shape index (κ1) is 13.8. The maximum absolute atomic E-state index is 11.9. The number of hydrogen-bond acceptors (Lipinski definition) is 4. The predicted octanol–water partition coefficient (Wildman–Crippen LogP) is 1.02. The number of methoxy groups -OCH3 is 1. The molecule has 104 valence electrons. The van der Waals surface area contributed by atoms with E-state index in [1.165, 1.54) is 12.1 Å². The second-order valence-electron chi connectivity index (χ2n) is 4.30. The van der Waals surface area contributed by atoms with E-state index in [0.29, 0.717) is 12.3 Å². The van der Waals surface area contributed by atoms with Crippen LogP contribution in [0.15, 0.2) is 35.1 Å². The van der Waals surface area contributed by atoms with E-state index in [-0.39, 0.29) is 17.2 Å². The number of aryl methyl sites for hydroxylation is 1. The number of benzene rings is 1. The van der Waals surface area contributed by atoms with E-state index in [1.807, 2.05) is 25.1 Å². The Balaban J connectivity index is 2.08. The standard InChI is InChI=1S/C14H15N3O3/c1-9-3-5-12(20-2)10(7-9)8-15-14(19)11-4-6-13(18)17-16-11/h3-7H,8H2,1-2H3,(H,15,19)(H,17,18). The SMILES string of the molecule is COc1ccc(C)cc1CNC(=O)c1ccc(=O)[nH]n1. The van der Waals surface area contributed by atoms with E-state index >= 15 is 0 Å². The number of aromatic nitrogens is 2. The van der Waals surface area contributed by atoms with Crippen LogP contribution in [0.2, 0.25) is 0 Å². The monoisotopic (exact) mass is 273 g/mol. The van der Waals surface area contributed by atoms with Gasteiger partial charge in [-0.05, 0) is 19.1 Å². The lowest BCUT2D eigenvalue weighted by Crippen LogP contribution is -2.25. The van der Waals surface area contributed by atoms with E-state index in [4.69, 9.17) is 4.74 Å². The highest BCUT2D eigenvalue weighted by Crippen LogP contribution is 2.19. The number of aromatic amines is 1. The van der Waals surface area contributed by atoms with Gasteiger partial charge in [-0.3, -0.25) is 9.59 Å². The van der Waals surface area contributed by atoms with Gasteiger partial charge in [0.2, 0.25) is 0 Å². The fourth-order valence-electron chi connectivity index (χ4n) is 1.78. The van der Waals surface area contributed by atoms with Crippen molar-refractivity contribution >= 4 is 5.91 Å². The first-order valence-corrected chi connectivity index (χ1v) is 6.07. The molecule has 0 bridgehead atoms. The molecular weight excluding hydrogens is 258 g/mol. The van der Waals surface area contributed by atoms with Crippen LogP contribution in [0.1, 0.15) is 21.6 Å². The molecule has 2 N–H and O–H groups in total. The number of rotatable bonds is 4. The molecule has 20 heavy (non-hydrogen) atoms. The van der Waals surface area contributed by atoms with E-state index < -0.39 is 0 Å². The molecule has 2 rings (SSSR count). The molecule has 0 spiro atoms. The Morgan fingerprint density at radius 3 is 2.80 bits per heavy atom. The Morgan fingerprint density at radius 1 is 1.35 bits per heavy atom. The molecule has 0 saturated carbocycles. The van der Waals surface area contributed by atoms with Gasteiger partial charge in [0.25, 0.3) is 11.5 Å². The van der Waals surface area contributed by atoms with Gasteiger partial charge in [0.15, 0.2) is 0 Å². The van der Waals surface area contributed by atoms with Gasteiger partial charge in [-0.25, -0.2) is 5.10 Å². The molecule has 0 atom stereocenters. The molecule has 6 nitrogen and oxygen atoms in total. The third kappa shape index (κ3) is 3.23. The zero-order chi connectivity index (χ0) is 14.5. The Hall–Kier alpha value is -2.63. The fourth-order valence-corrected chi connectivity index (χ4v) is 1.78. The summed E-state index contributed by atoms with van der Waals surface area (Å²) in [6, 6.07) is 8.37. The summed E-state index contributed by atoms with van der Waals surface area (Å²) >= 11 is 0. The molecule has 0 radical (unpaired) electrons. The first-order valence-electron chi connectivity index (χ1n) is 6.07. The Bertz CT molecular complexity index is 659. The summed E-state index contributed by atoms with van der Waals surface area (Å²) in [4.78, 5) is 22.8. The molecule has 2 aromatic rings. The third-order valence-electron chi connectivity index (χ3n) is 2.79. The second kappa shape index (κ2) is 6.01. The highest BCUT2D eigenvalue weighted by Gasteiger charge is 2.09. The highest BCUT2D eigenvalue weighted by molar-refractivity contribution is 5.91. The van der Waals surface area contributed by atoms with E-state index in [1.54, 1.807) is 7.11 Å². The molecule has 0 saturated heterocycles. The Morgan fingerprint density at radius 2 is 2.15 bits per heavy atom. The van der Waals surface area contributed by atoms with Crippen molar-refractivity contribution in [2.24, 2.45) is 0 Å². The minimum Gasteiger partial charge on any atom is -0.496 e. The molecule has 1 aromatic heterocycles. The average molecular weight is 273 g/mol. The van der Waals surface area contributed by atoms with Gasteiger partial charge < -0.3 is 10.1 Å². The molecule has 1 aromatic carbocycles. The summed E-state index contributed by atoms with van der Waals surface area (Å²) in [6.07, 6.45) is 0. The number of hydrogen-bond donors (Lipinski definition) is 2. The Labute approximate surface area is 115 Å². The summed E-state index contributed by atoms with van der Waals surface area (Å²) < 4.78 is 5.24. The molecule has 0 fully saturated rings. The number of nitrogens with one attached hydrogen (secondary N) is 2. The number of carbonyl (C=O) groups is 1. The number of carbonyl (C=O) groups excluding carboxylic acids is 1. The van der Waals surface area contributed by atoms with Crippen LogP contribution in [0.25, 0.3) is 0 Å². The number of H-pyrrole nitrogens is 1. The van der Waals surface area contributed by atoms with E-state index in [2.05, 4.69) is 15.5 Å². The first-order chi connectivity index (χ1) is 9.60. The molecule has 0 aliphatic carbocycles. The van der Waals surface area contributed by atoms with Crippen LogP contribution in [0.4, 0.5) is 0 Å².